The second-order valence-corrected chi connectivity index (χ2v) is 7.78. The summed E-state index contributed by atoms with van der Waals surface area (Å²) in [5.41, 5.74) is 1.15. The van der Waals surface area contributed by atoms with Crippen LogP contribution < -0.4 is 10.0 Å². The molecule has 7 heteroatoms. The molecule has 2 N–H and O–H groups in total. The molecule has 0 bridgehead atoms. The lowest BCUT2D eigenvalue weighted by Crippen LogP contribution is -2.34. The van der Waals surface area contributed by atoms with Gasteiger partial charge in [0.2, 0.25) is 15.9 Å². The van der Waals surface area contributed by atoms with Crippen LogP contribution in [-0.2, 0) is 14.8 Å². The van der Waals surface area contributed by atoms with Gasteiger partial charge in [-0.1, -0.05) is 18.9 Å². The van der Waals surface area contributed by atoms with Crippen molar-refractivity contribution in [2.24, 2.45) is 0 Å². The highest BCUT2D eigenvalue weighted by Crippen LogP contribution is 2.20. The maximum absolute atomic E-state index is 12.2. The van der Waals surface area contributed by atoms with E-state index in [0.29, 0.717) is 17.8 Å². The Morgan fingerprint density at radius 1 is 1.17 bits per heavy atom. The number of hydrogen-bond acceptors (Lipinski definition) is 4. The van der Waals surface area contributed by atoms with Crippen molar-refractivity contribution in [3.8, 4) is 0 Å². The van der Waals surface area contributed by atoms with Crippen molar-refractivity contribution in [1.82, 2.24) is 9.62 Å². The SMILES string of the molecule is CNS(=O)(=O)c1cc(NC(=O)CN2CCCCCC2)ccc1C. The Morgan fingerprint density at radius 2 is 1.83 bits per heavy atom. The Hall–Kier alpha value is -1.44. The number of likely N-dealkylation sites (tertiary alicyclic amines) is 1. The molecule has 1 fully saturated rings. The number of nitrogens with zero attached hydrogens (tertiary/aromatic N) is 1. The van der Waals surface area contributed by atoms with Crippen LogP contribution in [0, 0.1) is 6.92 Å². The Kier molecular flexibility index (Phi) is 6.15. The first-order valence-electron chi connectivity index (χ1n) is 7.99. The summed E-state index contributed by atoms with van der Waals surface area (Å²) in [6.45, 7) is 3.97. The molecule has 0 unspecified atom stereocenters. The molecular weight excluding hydrogens is 314 g/mol. The molecule has 1 saturated heterocycles. The normalized spacial score (nSPS) is 16.8. The predicted molar refractivity (Wildman–Crippen MR) is 91.0 cm³/mol. The fourth-order valence-corrected chi connectivity index (χ4v) is 3.77. The van der Waals surface area contributed by atoms with E-state index >= 15 is 0 Å². The van der Waals surface area contributed by atoms with E-state index in [2.05, 4.69) is 14.9 Å². The zero-order chi connectivity index (χ0) is 16.9. The second kappa shape index (κ2) is 7.90. The lowest BCUT2D eigenvalue weighted by Gasteiger charge is -2.19. The van der Waals surface area contributed by atoms with Gasteiger partial charge in [0.15, 0.2) is 0 Å². The summed E-state index contributed by atoms with van der Waals surface area (Å²) in [6.07, 6.45) is 4.70. The van der Waals surface area contributed by atoms with E-state index < -0.39 is 10.0 Å². The maximum atomic E-state index is 12.2. The number of sulfonamides is 1. The number of carbonyl (C=O) groups is 1. The third kappa shape index (κ3) is 5.02. The van der Waals surface area contributed by atoms with E-state index in [9.17, 15) is 13.2 Å². The molecule has 0 radical (unpaired) electrons. The highest BCUT2D eigenvalue weighted by atomic mass is 32.2. The van der Waals surface area contributed by atoms with Crippen molar-refractivity contribution < 1.29 is 13.2 Å². The van der Waals surface area contributed by atoms with E-state index in [1.807, 2.05) is 0 Å². The molecule has 6 nitrogen and oxygen atoms in total. The monoisotopic (exact) mass is 339 g/mol. The average Bonchev–Trinajstić information content (AvgIpc) is 2.77. The molecule has 1 aliphatic heterocycles. The average molecular weight is 339 g/mol. The van der Waals surface area contributed by atoms with Crippen molar-refractivity contribution in [1.29, 1.82) is 0 Å². The molecule has 1 aromatic carbocycles. The van der Waals surface area contributed by atoms with Crippen molar-refractivity contribution in [2.75, 3.05) is 32.0 Å². The number of nitrogens with one attached hydrogen (secondary N) is 2. The fraction of sp³-hybridized carbons (Fsp3) is 0.562. The van der Waals surface area contributed by atoms with Crippen molar-refractivity contribution in [3.05, 3.63) is 23.8 Å². The summed E-state index contributed by atoms with van der Waals surface area (Å²) in [7, 11) is -2.16. The molecule has 0 atom stereocenters. The van der Waals surface area contributed by atoms with Crippen molar-refractivity contribution in [2.45, 2.75) is 37.5 Å². The van der Waals surface area contributed by atoms with Crippen LogP contribution >= 0.6 is 0 Å². The van der Waals surface area contributed by atoms with Crippen LogP contribution in [0.2, 0.25) is 0 Å². The molecule has 0 spiro atoms. The van der Waals surface area contributed by atoms with Gasteiger partial charge in [0.05, 0.1) is 11.4 Å². The molecule has 1 heterocycles. The number of carbonyl (C=O) groups excluding carboxylic acids is 1. The summed E-state index contributed by atoms with van der Waals surface area (Å²) in [6, 6.07) is 4.93. The summed E-state index contributed by atoms with van der Waals surface area (Å²) in [5.74, 6) is -0.108. The largest absolute Gasteiger partial charge is 0.325 e. The lowest BCUT2D eigenvalue weighted by molar-refractivity contribution is -0.117. The molecule has 2 rings (SSSR count). The zero-order valence-corrected chi connectivity index (χ0v) is 14.6. The topological polar surface area (TPSA) is 78.5 Å². The Bertz CT molecular complexity index is 651. The van der Waals surface area contributed by atoms with Crippen molar-refractivity contribution >= 4 is 21.6 Å². The lowest BCUT2D eigenvalue weighted by atomic mass is 10.2. The van der Waals surface area contributed by atoms with Gasteiger partial charge >= 0.3 is 0 Å². The molecule has 1 aliphatic rings. The first kappa shape index (κ1) is 17.9. The number of rotatable bonds is 5. The van der Waals surface area contributed by atoms with Gasteiger partial charge in [-0.25, -0.2) is 13.1 Å². The fourth-order valence-electron chi connectivity index (χ4n) is 2.78. The molecule has 23 heavy (non-hydrogen) atoms. The van der Waals surface area contributed by atoms with Crippen LogP contribution in [-0.4, -0.2) is 45.9 Å². The number of amides is 1. The first-order valence-corrected chi connectivity index (χ1v) is 9.47. The first-order chi connectivity index (χ1) is 10.9. The van der Waals surface area contributed by atoms with Crippen LogP contribution in [0.15, 0.2) is 23.1 Å². The summed E-state index contributed by atoms with van der Waals surface area (Å²) in [4.78, 5) is 14.5. The van der Waals surface area contributed by atoms with Crippen LogP contribution in [0.1, 0.15) is 31.2 Å². The van der Waals surface area contributed by atoms with Crippen LogP contribution in [0.25, 0.3) is 0 Å². The Morgan fingerprint density at radius 3 is 2.43 bits per heavy atom. The highest BCUT2D eigenvalue weighted by Gasteiger charge is 2.17. The van der Waals surface area contributed by atoms with Gasteiger partial charge < -0.3 is 5.32 Å². The van der Waals surface area contributed by atoms with Gasteiger partial charge in [-0.15, -0.1) is 0 Å². The van der Waals surface area contributed by atoms with Gasteiger partial charge in [0.25, 0.3) is 0 Å². The van der Waals surface area contributed by atoms with Crippen LogP contribution in [0.4, 0.5) is 5.69 Å². The molecule has 0 aliphatic carbocycles. The van der Waals surface area contributed by atoms with E-state index in [0.717, 1.165) is 25.9 Å². The molecule has 1 aromatic rings. The third-order valence-electron chi connectivity index (χ3n) is 4.10. The summed E-state index contributed by atoms with van der Waals surface area (Å²) < 4.78 is 26.3. The minimum absolute atomic E-state index is 0.108. The number of benzene rings is 1. The van der Waals surface area contributed by atoms with E-state index in [1.54, 1.807) is 19.1 Å². The Balaban J connectivity index is 2.05. The Labute approximate surface area is 138 Å². The third-order valence-corrected chi connectivity index (χ3v) is 5.65. The number of aryl methyl sites for hydroxylation is 1. The van der Waals surface area contributed by atoms with E-state index in [1.165, 1.54) is 26.0 Å². The van der Waals surface area contributed by atoms with E-state index in [4.69, 9.17) is 0 Å². The summed E-state index contributed by atoms with van der Waals surface area (Å²) in [5, 5.41) is 2.80. The van der Waals surface area contributed by atoms with Crippen LogP contribution in [0.5, 0.6) is 0 Å². The summed E-state index contributed by atoms with van der Waals surface area (Å²) >= 11 is 0. The maximum Gasteiger partial charge on any atom is 0.240 e. The van der Waals surface area contributed by atoms with Crippen molar-refractivity contribution in [3.63, 3.8) is 0 Å². The van der Waals surface area contributed by atoms with Gasteiger partial charge in [-0.2, -0.15) is 0 Å². The number of anilines is 1. The molecule has 0 aromatic heterocycles. The predicted octanol–water partition coefficient (Wildman–Crippen LogP) is 1.72. The number of hydrogen-bond donors (Lipinski definition) is 2. The van der Waals surface area contributed by atoms with Crippen LogP contribution in [0.3, 0.4) is 0 Å². The van der Waals surface area contributed by atoms with Gasteiger partial charge in [-0.3, -0.25) is 9.69 Å². The van der Waals surface area contributed by atoms with Gasteiger partial charge in [0, 0.05) is 5.69 Å². The zero-order valence-electron chi connectivity index (χ0n) is 13.8. The molecule has 1 amide bonds. The van der Waals surface area contributed by atoms with E-state index in [-0.39, 0.29) is 10.8 Å². The molecular formula is C16H25N3O3S. The minimum Gasteiger partial charge on any atom is -0.325 e. The molecule has 0 saturated carbocycles. The van der Waals surface area contributed by atoms with Gasteiger partial charge in [-0.05, 0) is 57.6 Å². The highest BCUT2D eigenvalue weighted by molar-refractivity contribution is 7.89. The smallest absolute Gasteiger partial charge is 0.240 e. The second-order valence-electron chi connectivity index (χ2n) is 5.93. The molecule has 128 valence electrons. The van der Waals surface area contributed by atoms with Gasteiger partial charge in [0.1, 0.15) is 0 Å². The standard InChI is InChI=1S/C16H25N3O3S/c1-13-7-8-14(11-15(13)23(21,22)17-2)18-16(20)12-19-9-5-3-4-6-10-19/h7-8,11,17H,3-6,9-10,12H2,1-2H3,(H,18,20). The minimum atomic E-state index is -3.53. The quantitative estimate of drug-likeness (QED) is 0.856.